The van der Waals surface area contributed by atoms with E-state index in [0.29, 0.717) is 94.3 Å². The molecule has 1 aromatic heterocycles. The fourth-order valence-corrected chi connectivity index (χ4v) is 14.0. The average Bonchev–Trinajstić information content (AvgIpc) is 3.94. The van der Waals surface area contributed by atoms with Crippen LogP contribution >= 0.6 is 15.9 Å². The number of alkyl halides is 1. The number of methoxy groups -OCH3 is 3. The van der Waals surface area contributed by atoms with Crippen molar-refractivity contribution in [2.75, 3.05) is 71.3 Å². The normalized spacial score (nSPS) is 35.8. The molecule has 6 aliphatic rings. The third kappa shape index (κ3) is 5.87. The smallest absolute Gasteiger partial charge is 0.344 e. The summed E-state index contributed by atoms with van der Waals surface area (Å²) in [5, 5.41) is 27.2. The van der Waals surface area contributed by atoms with Gasteiger partial charge in [0.2, 0.25) is 5.60 Å². The fourth-order valence-electron chi connectivity index (χ4n) is 13.7. The van der Waals surface area contributed by atoms with Gasteiger partial charge in [0.25, 0.3) is 0 Å². The second kappa shape index (κ2) is 15.6. The van der Waals surface area contributed by atoms with Crippen LogP contribution in [0.25, 0.3) is 10.9 Å². The summed E-state index contributed by atoms with van der Waals surface area (Å²) in [5.74, 6) is -1.45. The molecule has 6 heterocycles. The van der Waals surface area contributed by atoms with Crippen LogP contribution in [0.15, 0.2) is 48.6 Å². The number of piperidine rings is 1. The minimum Gasteiger partial charge on any atom is -0.496 e. The number of aliphatic hydroxyl groups is 2. The van der Waals surface area contributed by atoms with Gasteiger partial charge in [-0.3, -0.25) is 19.4 Å². The highest BCUT2D eigenvalue weighted by molar-refractivity contribution is 9.09. The molecule has 1 unspecified atom stereocenters. The third-order valence-electron chi connectivity index (χ3n) is 16.1. The van der Waals surface area contributed by atoms with Gasteiger partial charge in [0, 0.05) is 95.8 Å². The van der Waals surface area contributed by atoms with Crippen LogP contribution in [0.1, 0.15) is 81.2 Å². The fraction of sp³-hybridized carbons (Fsp3) is 0.604. The lowest BCUT2D eigenvalue weighted by molar-refractivity contribution is -0.229. The summed E-state index contributed by atoms with van der Waals surface area (Å²) in [7, 11) is 6.19. The molecule has 3 fully saturated rings. The van der Waals surface area contributed by atoms with Crippen LogP contribution in [0.3, 0.4) is 0 Å². The molecule has 13 nitrogen and oxygen atoms in total. The molecular formula is C48H61BrN4O9. The number of benzene rings is 2. The Kier molecular flexibility index (Phi) is 10.9. The number of hydrogen-bond acceptors (Lipinski definition) is 12. The van der Waals surface area contributed by atoms with E-state index in [1.165, 1.54) is 14.2 Å². The summed E-state index contributed by atoms with van der Waals surface area (Å²) in [6.45, 7) is 7.33. The molecule has 14 heteroatoms. The summed E-state index contributed by atoms with van der Waals surface area (Å²) >= 11 is 3.43. The molecule has 3 aromatic rings. The second-order valence-corrected chi connectivity index (χ2v) is 19.7. The van der Waals surface area contributed by atoms with Crippen molar-refractivity contribution in [1.29, 1.82) is 0 Å². The summed E-state index contributed by atoms with van der Waals surface area (Å²) in [4.78, 5) is 54.2. The van der Waals surface area contributed by atoms with Crippen LogP contribution in [-0.4, -0.2) is 139 Å². The van der Waals surface area contributed by atoms with Gasteiger partial charge in [-0.1, -0.05) is 60.1 Å². The maximum Gasteiger partial charge on any atom is 0.344 e. The number of halogens is 1. The standard InChI is InChI=1S/C48H61BrN4O9/c1-7-44(57)25-29-26-47(42(55)60-5,38-31(16-21-52(27-29)28-44)30-13-9-10-14-34(30)50-38)33-23-32-35(24-36(33)59-4)51(3)40-46(32)18-22-53-20-12-17-45(8-2,39(46)53)41(48(40,58)43(56)61-6)62-37(54)15-11-19-49/h9-10,12-14,17,23-24,29,39-41,50,57-58H,7-8,11,15-16,18-22,25-28H2,1-6H3/t29-,39-,40+,41+,44-,45+,46+,47-,48-/m0/s1. The van der Waals surface area contributed by atoms with E-state index in [0.717, 1.165) is 33.4 Å². The molecule has 62 heavy (non-hydrogen) atoms. The molecule has 1 saturated carbocycles. The number of para-hydroxylation sites is 1. The van der Waals surface area contributed by atoms with E-state index in [2.05, 4.69) is 55.0 Å². The van der Waals surface area contributed by atoms with E-state index >= 15 is 4.79 Å². The number of hydrogen-bond donors (Lipinski definition) is 3. The lowest BCUT2D eigenvalue weighted by atomic mass is 9.47. The molecule has 5 aliphatic heterocycles. The lowest BCUT2D eigenvalue weighted by Gasteiger charge is -2.63. The number of aromatic nitrogens is 1. The zero-order valence-corrected chi connectivity index (χ0v) is 38.4. The zero-order valence-electron chi connectivity index (χ0n) is 36.8. The number of carbonyl (C=O) groups excluding carboxylic acids is 3. The van der Waals surface area contributed by atoms with Gasteiger partial charge in [0.1, 0.15) is 11.2 Å². The SMILES string of the molecule is CC[C@]1(O)C[C@@H]2CN(CCc3c([nH]c4ccccc34)[C@@](C(=O)OC)(c3cc4c(cc3OC)N(C)[C@H]3[C@@](O)(C(=O)OC)[C@H](OC(=O)CCCBr)[C@]5(CC)C=CCN6CC[C@]43[C@@H]65)C2)C1. The van der Waals surface area contributed by atoms with Gasteiger partial charge in [0.05, 0.1) is 33.0 Å². The first kappa shape index (κ1) is 43.3. The van der Waals surface area contributed by atoms with Crippen LogP contribution < -0.4 is 9.64 Å². The van der Waals surface area contributed by atoms with E-state index in [9.17, 15) is 19.8 Å². The first-order valence-corrected chi connectivity index (χ1v) is 23.5. The molecule has 9 rings (SSSR count). The predicted molar refractivity (Wildman–Crippen MR) is 238 cm³/mol. The lowest BCUT2D eigenvalue weighted by Crippen LogP contribution is -2.81. The van der Waals surface area contributed by atoms with Gasteiger partial charge in [-0.2, -0.15) is 0 Å². The van der Waals surface area contributed by atoms with Gasteiger partial charge in [-0.15, -0.1) is 0 Å². The van der Waals surface area contributed by atoms with Crippen molar-refractivity contribution < 1.29 is 43.5 Å². The zero-order chi connectivity index (χ0) is 44.0. The molecule has 2 bridgehead atoms. The number of likely N-dealkylation sites (N-methyl/N-ethyl adjacent to an activating group) is 1. The minimum atomic E-state index is -2.32. The molecule has 10 atom stereocenters. The van der Waals surface area contributed by atoms with E-state index in [1.807, 2.05) is 50.1 Å². The molecule has 1 aliphatic carbocycles. The summed E-state index contributed by atoms with van der Waals surface area (Å²) in [5.41, 5.74) is -1.67. The van der Waals surface area contributed by atoms with E-state index in [1.54, 1.807) is 7.11 Å². The van der Waals surface area contributed by atoms with Crippen molar-refractivity contribution in [2.24, 2.45) is 11.3 Å². The van der Waals surface area contributed by atoms with Crippen molar-refractivity contribution >= 4 is 50.4 Å². The van der Waals surface area contributed by atoms with Crippen molar-refractivity contribution in [2.45, 2.75) is 105 Å². The topological polar surface area (TPSA) is 154 Å². The largest absolute Gasteiger partial charge is 0.496 e. The highest BCUT2D eigenvalue weighted by atomic mass is 79.9. The number of rotatable bonds is 10. The number of esters is 3. The Morgan fingerprint density at radius 1 is 0.968 bits per heavy atom. The molecule has 334 valence electrons. The molecule has 3 N–H and O–H groups in total. The van der Waals surface area contributed by atoms with Gasteiger partial charge >= 0.3 is 17.9 Å². The van der Waals surface area contributed by atoms with Crippen LogP contribution in [0, 0.1) is 11.3 Å². The first-order chi connectivity index (χ1) is 29.8. The monoisotopic (exact) mass is 916 g/mol. The quantitative estimate of drug-likeness (QED) is 0.107. The predicted octanol–water partition coefficient (Wildman–Crippen LogP) is 5.15. The number of carbonyl (C=O) groups is 3. The summed E-state index contributed by atoms with van der Waals surface area (Å²) in [6, 6.07) is 11.0. The van der Waals surface area contributed by atoms with Crippen molar-refractivity contribution in [3.05, 3.63) is 70.9 Å². The number of fused-ring (bicyclic) bond motifs is 6. The number of nitrogens with zero attached hydrogens (tertiary/aromatic N) is 3. The van der Waals surface area contributed by atoms with Gasteiger partial charge in [-0.25, -0.2) is 4.79 Å². The summed E-state index contributed by atoms with van der Waals surface area (Å²) in [6.07, 6.45) is 6.61. The molecule has 0 radical (unpaired) electrons. The highest BCUT2D eigenvalue weighted by Crippen LogP contribution is 2.68. The maximum atomic E-state index is 15.4. The van der Waals surface area contributed by atoms with Crippen LogP contribution in [0.5, 0.6) is 5.75 Å². The Hall–Kier alpha value is -3.95. The molecular weight excluding hydrogens is 856 g/mol. The molecule has 1 spiro atoms. The Bertz CT molecular complexity index is 2320. The van der Waals surface area contributed by atoms with Gasteiger partial charge in [0.15, 0.2) is 6.10 Å². The van der Waals surface area contributed by atoms with Gasteiger partial charge in [-0.05, 0) is 80.7 Å². The van der Waals surface area contributed by atoms with Crippen LogP contribution in [-0.2, 0) is 45.8 Å². The maximum absolute atomic E-state index is 15.4. The number of nitrogens with one attached hydrogen (secondary N) is 1. The van der Waals surface area contributed by atoms with E-state index in [-0.39, 0.29) is 18.4 Å². The summed E-state index contributed by atoms with van der Waals surface area (Å²) < 4.78 is 24.4. The van der Waals surface area contributed by atoms with Crippen LogP contribution in [0.4, 0.5) is 5.69 Å². The minimum absolute atomic E-state index is 0.103. The van der Waals surface area contributed by atoms with Crippen molar-refractivity contribution in [3.8, 4) is 5.75 Å². The molecule has 0 amide bonds. The highest BCUT2D eigenvalue weighted by Gasteiger charge is 2.80. The van der Waals surface area contributed by atoms with E-state index < -0.39 is 57.5 Å². The number of ether oxygens (including phenoxy) is 4. The average molecular weight is 918 g/mol. The van der Waals surface area contributed by atoms with Crippen molar-refractivity contribution in [1.82, 2.24) is 14.8 Å². The number of aromatic amines is 1. The Morgan fingerprint density at radius 3 is 2.45 bits per heavy atom. The van der Waals surface area contributed by atoms with Crippen LogP contribution in [0.2, 0.25) is 0 Å². The molecule has 2 aromatic carbocycles. The van der Waals surface area contributed by atoms with Crippen molar-refractivity contribution in [3.63, 3.8) is 0 Å². The Balaban J connectivity index is 1.34. The third-order valence-corrected chi connectivity index (χ3v) is 16.6. The molecule has 2 saturated heterocycles. The second-order valence-electron chi connectivity index (χ2n) is 18.9. The Morgan fingerprint density at radius 2 is 1.74 bits per heavy atom. The number of anilines is 1. The first-order valence-electron chi connectivity index (χ1n) is 22.3. The van der Waals surface area contributed by atoms with E-state index in [4.69, 9.17) is 18.9 Å². The number of H-pyrrole nitrogens is 1. The van der Waals surface area contributed by atoms with Gasteiger partial charge < -0.3 is 39.0 Å². The Labute approximate surface area is 372 Å².